The molecule has 21 heavy (non-hydrogen) atoms. The van der Waals surface area contributed by atoms with E-state index >= 15 is 0 Å². The molecule has 0 aliphatic carbocycles. The minimum atomic E-state index is -1.19. The number of aromatic carboxylic acids is 2. The molecule has 0 unspecified atom stereocenters. The van der Waals surface area contributed by atoms with Crippen molar-refractivity contribution in [2.75, 3.05) is 0 Å². The zero-order chi connectivity index (χ0) is 15.6. The molecule has 0 heterocycles. The van der Waals surface area contributed by atoms with E-state index in [0.717, 1.165) is 16.3 Å². The van der Waals surface area contributed by atoms with Crippen LogP contribution in [0.2, 0.25) is 0 Å². The molecular formula is C16H16O4Si. The maximum Gasteiger partial charge on any atom is 0.335 e. The van der Waals surface area contributed by atoms with Gasteiger partial charge in [-0.1, -0.05) is 29.5 Å². The molecule has 0 amide bonds. The van der Waals surface area contributed by atoms with Crippen LogP contribution < -0.4 is 10.4 Å². The standard InChI is InChI=1S/C16H16O4Si/c1-9-5-3-8-13(10(9)2)21-14-11(15(17)18)6-4-7-12(14)16(19)20/h3-8H,21H2,1-2H3,(H,17,18)(H,19,20). The Balaban J connectivity index is 2.59. The lowest BCUT2D eigenvalue weighted by Crippen LogP contribution is -2.37. The van der Waals surface area contributed by atoms with E-state index in [1.807, 2.05) is 32.0 Å². The quantitative estimate of drug-likeness (QED) is 0.820. The Morgan fingerprint density at radius 1 is 0.905 bits per heavy atom. The lowest BCUT2D eigenvalue weighted by atomic mass is 10.1. The van der Waals surface area contributed by atoms with E-state index in [0.29, 0.717) is 5.19 Å². The van der Waals surface area contributed by atoms with Gasteiger partial charge in [-0.05, 0) is 42.3 Å². The van der Waals surface area contributed by atoms with Crippen molar-refractivity contribution < 1.29 is 19.8 Å². The Morgan fingerprint density at radius 3 is 1.95 bits per heavy atom. The van der Waals surface area contributed by atoms with Crippen molar-refractivity contribution in [3.8, 4) is 0 Å². The smallest absolute Gasteiger partial charge is 0.335 e. The number of benzene rings is 2. The number of hydrogen-bond acceptors (Lipinski definition) is 2. The van der Waals surface area contributed by atoms with Crippen molar-refractivity contribution in [1.82, 2.24) is 0 Å². The Bertz CT molecular complexity index is 690. The molecule has 0 saturated carbocycles. The summed E-state index contributed by atoms with van der Waals surface area (Å²) in [5.74, 6) is -2.16. The van der Waals surface area contributed by atoms with Gasteiger partial charge in [0.15, 0.2) is 0 Å². The number of carboxylic acid groups (broad SMARTS) is 2. The van der Waals surface area contributed by atoms with Crippen LogP contribution in [-0.4, -0.2) is 31.7 Å². The van der Waals surface area contributed by atoms with Crippen LogP contribution in [0.5, 0.6) is 0 Å². The molecule has 0 bridgehead atoms. The van der Waals surface area contributed by atoms with E-state index in [1.54, 1.807) is 0 Å². The molecular weight excluding hydrogens is 284 g/mol. The van der Waals surface area contributed by atoms with Crippen LogP contribution >= 0.6 is 0 Å². The predicted molar refractivity (Wildman–Crippen MR) is 84.1 cm³/mol. The molecule has 0 atom stereocenters. The minimum Gasteiger partial charge on any atom is -0.478 e. The second kappa shape index (κ2) is 5.93. The lowest BCUT2D eigenvalue weighted by molar-refractivity contribution is 0.0696. The average molecular weight is 300 g/mol. The van der Waals surface area contributed by atoms with Crippen LogP contribution in [0.3, 0.4) is 0 Å². The molecule has 0 saturated heterocycles. The topological polar surface area (TPSA) is 74.6 Å². The first-order valence-corrected chi connectivity index (χ1v) is 7.96. The molecule has 5 heteroatoms. The Morgan fingerprint density at radius 2 is 1.43 bits per heavy atom. The van der Waals surface area contributed by atoms with Crippen molar-refractivity contribution in [3.05, 3.63) is 58.7 Å². The number of aryl methyl sites for hydroxylation is 1. The van der Waals surface area contributed by atoms with Gasteiger partial charge in [-0.3, -0.25) is 0 Å². The maximum atomic E-state index is 11.4. The van der Waals surface area contributed by atoms with Gasteiger partial charge in [-0.25, -0.2) is 9.59 Å². The number of carboxylic acids is 2. The van der Waals surface area contributed by atoms with Crippen LogP contribution in [0.4, 0.5) is 0 Å². The summed E-state index contributed by atoms with van der Waals surface area (Å²) in [4.78, 5) is 22.7. The molecule has 2 rings (SSSR count). The SMILES string of the molecule is Cc1cccc([SiH2]c2c(C(=O)O)cccc2C(=O)O)c1C. The fourth-order valence-electron chi connectivity index (χ4n) is 2.37. The first-order chi connectivity index (χ1) is 9.91. The maximum absolute atomic E-state index is 11.4. The van der Waals surface area contributed by atoms with Crippen LogP contribution in [0.15, 0.2) is 36.4 Å². The van der Waals surface area contributed by atoms with Gasteiger partial charge in [0.2, 0.25) is 0 Å². The van der Waals surface area contributed by atoms with Crippen LogP contribution in [-0.2, 0) is 0 Å². The first kappa shape index (κ1) is 15.0. The summed E-state index contributed by atoms with van der Waals surface area (Å²) in [6, 6.07) is 10.3. The zero-order valence-corrected chi connectivity index (χ0v) is 13.3. The molecule has 2 aromatic rings. The van der Waals surface area contributed by atoms with E-state index in [-0.39, 0.29) is 11.1 Å². The summed E-state index contributed by atoms with van der Waals surface area (Å²) in [6.45, 7) is 3.98. The zero-order valence-electron chi connectivity index (χ0n) is 11.9. The third-order valence-electron chi connectivity index (χ3n) is 3.72. The van der Waals surface area contributed by atoms with Gasteiger partial charge in [0.25, 0.3) is 0 Å². The summed E-state index contributed by atoms with van der Waals surface area (Å²) in [7, 11) is -1.19. The number of rotatable bonds is 4. The van der Waals surface area contributed by atoms with Gasteiger partial charge >= 0.3 is 11.9 Å². The molecule has 0 aliphatic heterocycles. The van der Waals surface area contributed by atoms with Crippen LogP contribution in [0.1, 0.15) is 31.8 Å². The highest BCUT2D eigenvalue weighted by Gasteiger charge is 2.19. The Hall–Kier alpha value is -2.40. The third-order valence-corrected chi connectivity index (χ3v) is 5.98. The first-order valence-electron chi connectivity index (χ1n) is 6.55. The van der Waals surface area contributed by atoms with Crippen LogP contribution in [0.25, 0.3) is 0 Å². The minimum absolute atomic E-state index is 0.0995. The highest BCUT2D eigenvalue weighted by molar-refractivity contribution is 6.70. The van der Waals surface area contributed by atoms with Gasteiger partial charge in [0.05, 0.1) is 20.6 Å². The molecule has 0 fully saturated rings. The van der Waals surface area contributed by atoms with Gasteiger partial charge in [0.1, 0.15) is 0 Å². The molecule has 4 nitrogen and oxygen atoms in total. The molecule has 0 aromatic heterocycles. The van der Waals surface area contributed by atoms with Gasteiger partial charge in [-0.15, -0.1) is 0 Å². The van der Waals surface area contributed by atoms with Crippen molar-refractivity contribution in [2.24, 2.45) is 0 Å². The summed E-state index contributed by atoms with van der Waals surface area (Å²) < 4.78 is 0. The van der Waals surface area contributed by atoms with Gasteiger partial charge in [-0.2, -0.15) is 0 Å². The summed E-state index contributed by atoms with van der Waals surface area (Å²) in [5.41, 5.74) is 2.44. The fourth-order valence-corrected chi connectivity index (χ4v) is 4.47. The molecule has 0 aliphatic rings. The van der Waals surface area contributed by atoms with E-state index in [1.165, 1.54) is 18.2 Å². The second-order valence-corrected chi connectivity index (χ2v) is 6.80. The van der Waals surface area contributed by atoms with Crippen molar-refractivity contribution >= 4 is 31.8 Å². The van der Waals surface area contributed by atoms with Crippen molar-refractivity contribution in [3.63, 3.8) is 0 Å². The summed E-state index contributed by atoms with van der Waals surface area (Å²) in [6.07, 6.45) is 0. The average Bonchev–Trinajstić information content (AvgIpc) is 2.43. The molecule has 0 spiro atoms. The number of hydrogen-bond donors (Lipinski definition) is 2. The normalized spacial score (nSPS) is 11.0. The van der Waals surface area contributed by atoms with E-state index in [9.17, 15) is 19.8 Å². The molecule has 2 aromatic carbocycles. The lowest BCUT2D eigenvalue weighted by Gasteiger charge is -2.12. The highest BCUT2D eigenvalue weighted by atomic mass is 28.2. The Labute approximate surface area is 124 Å². The second-order valence-electron chi connectivity index (χ2n) is 4.98. The monoisotopic (exact) mass is 300 g/mol. The third kappa shape index (κ3) is 3.03. The molecule has 0 radical (unpaired) electrons. The van der Waals surface area contributed by atoms with E-state index in [4.69, 9.17) is 0 Å². The Kier molecular flexibility index (Phi) is 4.23. The fraction of sp³-hybridized carbons (Fsp3) is 0.125. The van der Waals surface area contributed by atoms with Crippen molar-refractivity contribution in [2.45, 2.75) is 13.8 Å². The largest absolute Gasteiger partial charge is 0.478 e. The highest BCUT2D eigenvalue weighted by Crippen LogP contribution is 2.06. The summed E-state index contributed by atoms with van der Waals surface area (Å²) in [5, 5.41) is 20.2. The predicted octanol–water partition coefficient (Wildman–Crippen LogP) is 0.819. The van der Waals surface area contributed by atoms with E-state index < -0.39 is 21.5 Å². The number of carbonyl (C=O) groups is 2. The molecule has 108 valence electrons. The summed E-state index contributed by atoms with van der Waals surface area (Å²) >= 11 is 0. The molecule has 2 N–H and O–H groups in total. The van der Waals surface area contributed by atoms with Gasteiger partial charge in [0, 0.05) is 0 Å². The van der Waals surface area contributed by atoms with Gasteiger partial charge < -0.3 is 10.2 Å². The van der Waals surface area contributed by atoms with E-state index in [2.05, 4.69) is 0 Å². The van der Waals surface area contributed by atoms with Crippen molar-refractivity contribution in [1.29, 1.82) is 0 Å². The van der Waals surface area contributed by atoms with Crippen LogP contribution in [0, 0.1) is 13.8 Å².